The van der Waals surface area contributed by atoms with Gasteiger partial charge in [-0.2, -0.15) is 0 Å². The van der Waals surface area contributed by atoms with E-state index >= 15 is 0 Å². The van der Waals surface area contributed by atoms with E-state index in [1.165, 1.54) is 26.4 Å². The van der Waals surface area contributed by atoms with Gasteiger partial charge in [-0.1, -0.05) is 18.2 Å². The van der Waals surface area contributed by atoms with Gasteiger partial charge in [0.1, 0.15) is 17.1 Å². The number of hydrogen-bond acceptors (Lipinski definition) is 6. The predicted octanol–water partition coefficient (Wildman–Crippen LogP) is 3.77. The first kappa shape index (κ1) is 18.6. The molecule has 1 heterocycles. The molecule has 0 saturated carbocycles. The Morgan fingerprint density at radius 2 is 1.89 bits per heavy atom. The number of halogens is 1. The lowest BCUT2D eigenvalue weighted by molar-refractivity contribution is 0.0440. The van der Waals surface area contributed by atoms with E-state index in [1.807, 2.05) is 6.07 Å². The second kappa shape index (κ2) is 8.01. The number of hydrogen-bond donors (Lipinski definition) is 0. The quantitative estimate of drug-likeness (QED) is 0.464. The zero-order valence-corrected chi connectivity index (χ0v) is 14.8. The molecular weight excluding hydrogens is 355 g/mol. The summed E-state index contributed by atoms with van der Waals surface area (Å²) in [5, 5.41) is 0.726. The maximum absolute atomic E-state index is 13.4. The van der Waals surface area contributed by atoms with Crippen molar-refractivity contribution < 1.29 is 32.6 Å². The van der Waals surface area contributed by atoms with Gasteiger partial charge in [-0.3, -0.25) is 4.79 Å². The van der Waals surface area contributed by atoms with Gasteiger partial charge in [-0.25, -0.2) is 9.18 Å². The Labute approximate surface area is 154 Å². The third kappa shape index (κ3) is 3.83. The maximum atomic E-state index is 13.4. The Morgan fingerprint density at radius 1 is 1.11 bits per heavy atom. The van der Waals surface area contributed by atoms with Crippen molar-refractivity contribution >= 4 is 22.7 Å². The zero-order valence-electron chi connectivity index (χ0n) is 14.8. The van der Waals surface area contributed by atoms with Crippen LogP contribution in [0.2, 0.25) is 0 Å². The second-order valence-electron chi connectivity index (χ2n) is 5.68. The molecule has 0 unspecified atom stereocenters. The van der Waals surface area contributed by atoms with E-state index in [0.29, 0.717) is 11.1 Å². The smallest absolute Gasteiger partial charge is 0.375 e. The number of carbonyl (C=O) groups is 2. The van der Waals surface area contributed by atoms with Gasteiger partial charge in [-0.15, -0.1) is 0 Å². The average molecular weight is 372 g/mol. The molecule has 3 aromatic rings. The second-order valence-corrected chi connectivity index (χ2v) is 5.68. The molecule has 0 aliphatic carbocycles. The largest absolute Gasteiger partial charge is 0.496 e. The number of carbonyl (C=O) groups excluding carboxylic acids is 2. The number of rotatable bonds is 7. The standard InChI is InChI=1S/C20H17FO6/c1-24-10-15-13-5-3-4-6-18(13)27-19(15)20(23)26-11-16(22)14-9-12(21)7-8-17(14)25-2/h3-9H,10-11H2,1-2H3. The summed E-state index contributed by atoms with van der Waals surface area (Å²) in [6.45, 7) is -0.435. The number of furan rings is 1. The van der Waals surface area contributed by atoms with Crippen LogP contribution in [0.1, 0.15) is 26.5 Å². The van der Waals surface area contributed by atoms with Crippen LogP contribution in [0.3, 0.4) is 0 Å². The number of methoxy groups -OCH3 is 2. The molecule has 2 aromatic carbocycles. The first-order valence-corrected chi connectivity index (χ1v) is 8.08. The lowest BCUT2D eigenvalue weighted by Crippen LogP contribution is -2.16. The van der Waals surface area contributed by atoms with Gasteiger partial charge in [-0.05, 0) is 24.3 Å². The van der Waals surface area contributed by atoms with Crippen LogP contribution >= 0.6 is 0 Å². The highest BCUT2D eigenvalue weighted by Gasteiger charge is 2.23. The van der Waals surface area contributed by atoms with Gasteiger partial charge in [0, 0.05) is 18.1 Å². The third-order valence-electron chi connectivity index (χ3n) is 3.97. The van der Waals surface area contributed by atoms with E-state index < -0.39 is 24.2 Å². The highest BCUT2D eigenvalue weighted by atomic mass is 19.1. The first-order valence-electron chi connectivity index (χ1n) is 8.08. The number of ether oxygens (including phenoxy) is 3. The predicted molar refractivity (Wildman–Crippen MR) is 94.5 cm³/mol. The van der Waals surface area contributed by atoms with Gasteiger partial charge >= 0.3 is 5.97 Å². The molecule has 0 fully saturated rings. The molecule has 0 spiro atoms. The molecule has 27 heavy (non-hydrogen) atoms. The van der Waals surface area contributed by atoms with Crippen LogP contribution in [0.4, 0.5) is 4.39 Å². The van der Waals surface area contributed by atoms with E-state index in [9.17, 15) is 14.0 Å². The fraction of sp³-hybridized carbons (Fsp3) is 0.200. The fourth-order valence-corrected chi connectivity index (χ4v) is 2.72. The minimum Gasteiger partial charge on any atom is -0.496 e. The molecule has 0 radical (unpaired) electrons. The summed E-state index contributed by atoms with van der Waals surface area (Å²) in [6.07, 6.45) is 0. The maximum Gasteiger partial charge on any atom is 0.375 e. The van der Waals surface area contributed by atoms with Crippen molar-refractivity contribution in [2.45, 2.75) is 6.61 Å². The van der Waals surface area contributed by atoms with Crippen molar-refractivity contribution in [3.05, 3.63) is 65.2 Å². The molecule has 7 heteroatoms. The van der Waals surface area contributed by atoms with Gasteiger partial charge < -0.3 is 18.6 Å². The fourth-order valence-electron chi connectivity index (χ4n) is 2.72. The first-order chi connectivity index (χ1) is 13.0. The van der Waals surface area contributed by atoms with Crippen LogP contribution in [0.15, 0.2) is 46.9 Å². The summed E-state index contributed by atoms with van der Waals surface area (Å²) in [6, 6.07) is 10.6. The number of ketones is 1. The SMILES string of the molecule is COCc1c(C(=O)OCC(=O)c2cc(F)ccc2OC)oc2ccccc12. The van der Waals surface area contributed by atoms with Crippen LogP contribution in [0, 0.1) is 5.82 Å². The molecule has 0 atom stereocenters. The lowest BCUT2D eigenvalue weighted by atomic mass is 10.1. The summed E-state index contributed by atoms with van der Waals surface area (Å²) in [5.41, 5.74) is 1.04. The van der Waals surface area contributed by atoms with Crippen molar-refractivity contribution in [2.24, 2.45) is 0 Å². The summed E-state index contributed by atoms with van der Waals surface area (Å²) in [5.74, 6) is -1.82. The van der Waals surface area contributed by atoms with Crippen molar-refractivity contribution in [3.63, 3.8) is 0 Å². The molecule has 6 nitrogen and oxygen atoms in total. The van der Waals surface area contributed by atoms with E-state index in [4.69, 9.17) is 18.6 Å². The van der Waals surface area contributed by atoms with Crippen LogP contribution in [0.5, 0.6) is 5.75 Å². The number of fused-ring (bicyclic) bond motifs is 1. The van der Waals surface area contributed by atoms with Crippen LogP contribution < -0.4 is 4.74 Å². The van der Waals surface area contributed by atoms with Crippen molar-refractivity contribution in [1.29, 1.82) is 0 Å². The Morgan fingerprint density at radius 3 is 2.63 bits per heavy atom. The number of Topliss-reactive ketones (excluding diaryl/α,β-unsaturated/α-hetero) is 1. The number of esters is 1. The molecule has 0 N–H and O–H groups in total. The Hall–Kier alpha value is -3.19. The van der Waals surface area contributed by atoms with E-state index in [0.717, 1.165) is 11.5 Å². The molecule has 3 rings (SSSR count). The molecule has 1 aromatic heterocycles. The molecule has 140 valence electrons. The molecule has 0 aliphatic heterocycles. The third-order valence-corrected chi connectivity index (χ3v) is 3.97. The minimum absolute atomic E-state index is 0.00739. The monoisotopic (exact) mass is 372 g/mol. The highest BCUT2D eigenvalue weighted by Crippen LogP contribution is 2.27. The zero-order chi connectivity index (χ0) is 19.4. The Kier molecular flexibility index (Phi) is 5.52. The average Bonchev–Trinajstić information content (AvgIpc) is 3.05. The Balaban J connectivity index is 1.80. The van der Waals surface area contributed by atoms with E-state index in [2.05, 4.69) is 0 Å². The van der Waals surface area contributed by atoms with Crippen molar-refractivity contribution in [2.75, 3.05) is 20.8 Å². The van der Waals surface area contributed by atoms with Gasteiger partial charge in [0.2, 0.25) is 11.5 Å². The van der Waals surface area contributed by atoms with E-state index in [1.54, 1.807) is 18.2 Å². The van der Waals surface area contributed by atoms with Crippen LogP contribution in [0.25, 0.3) is 11.0 Å². The van der Waals surface area contributed by atoms with Gasteiger partial charge in [0.25, 0.3) is 0 Å². The Bertz CT molecular complexity index is 991. The van der Waals surface area contributed by atoms with Crippen molar-refractivity contribution in [1.82, 2.24) is 0 Å². The van der Waals surface area contributed by atoms with Crippen LogP contribution in [-0.4, -0.2) is 32.6 Å². The minimum atomic E-state index is -0.804. The van der Waals surface area contributed by atoms with Crippen molar-refractivity contribution in [3.8, 4) is 5.75 Å². The highest BCUT2D eigenvalue weighted by molar-refractivity contribution is 6.02. The molecule has 0 amide bonds. The number of benzene rings is 2. The molecular formula is C20H17FO6. The van der Waals surface area contributed by atoms with Gasteiger partial charge in [0.05, 0.1) is 19.3 Å². The number of para-hydroxylation sites is 1. The molecule has 0 aliphatic rings. The summed E-state index contributed by atoms with van der Waals surface area (Å²) in [4.78, 5) is 24.8. The van der Waals surface area contributed by atoms with E-state index in [-0.39, 0.29) is 23.7 Å². The lowest BCUT2D eigenvalue weighted by Gasteiger charge is -2.08. The molecule has 0 saturated heterocycles. The summed E-state index contributed by atoms with van der Waals surface area (Å²) in [7, 11) is 2.86. The topological polar surface area (TPSA) is 75.0 Å². The van der Waals surface area contributed by atoms with Gasteiger partial charge in [0.15, 0.2) is 6.61 Å². The summed E-state index contributed by atoms with van der Waals surface area (Å²) >= 11 is 0. The summed E-state index contributed by atoms with van der Waals surface area (Å²) < 4.78 is 34.2. The normalized spacial score (nSPS) is 10.8. The molecule has 0 bridgehead atoms. The van der Waals surface area contributed by atoms with Crippen LogP contribution in [-0.2, 0) is 16.1 Å².